The molecule has 8 aromatic heterocycles. The first-order valence-corrected chi connectivity index (χ1v) is 27.7. The molecule has 0 spiro atoms. The zero-order valence-electron chi connectivity index (χ0n) is 49.4. The summed E-state index contributed by atoms with van der Waals surface area (Å²) in [5, 5.41) is 24.8. The second-order valence-electron chi connectivity index (χ2n) is 20.9. The number of anilines is 7. The van der Waals surface area contributed by atoms with E-state index in [1.54, 1.807) is 118 Å². The Hall–Kier alpha value is -10.8. The summed E-state index contributed by atoms with van der Waals surface area (Å²) in [5.41, 5.74) is 15.2. The first kappa shape index (κ1) is 62.3. The fraction of sp³-hybridized carbons (Fsp3) is 0.316. The van der Waals surface area contributed by atoms with Crippen molar-refractivity contribution in [1.82, 2.24) is 57.1 Å². The Kier molecular flexibility index (Phi) is 19.6. The van der Waals surface area contributed by atoms with Crippen LogP contribution in [0.5, 0.6) is 0 Å². The first-order chi connectivity index (χ1) is 41.5. The molecule has 0 aliphatic carbocycles. The summed E-state index contributed by atoms with van der Waals surface area (Å²) in [6.45, 7) is 1.20. The minimum absolute atomic E-state index is 0.00524. The van der Waals surface area contributed by atoms with Crippen LogP contribution in [0.3, 0.4) is 0 Å². The molecule has 30 nitrogen and oxygen atoms in total. The Bertz CT molecular complexity index is 3910. The van der Waals surface area contributed by atoms with Crippen molar-refractivity contribution in [2.24, 2.45) is 67.8 Å². The molecule has 0 saturated carbocycles. The third-order valence-electron chi connectivity index (χ3n) is 14.1. The van der Waals surface area contributed by atoms with Gasteiger partial charge in [-0.2, -0.15) is 0 Å². The smallest absolute Gasteiger partial charge is 0.291 e. The maximum Gasteiger partial charge on any atom is 0.291 e. The van der Waals surface area contributed by atoms with E-state index in [0.29, 0.717) is 47.2 Å². The average Bonchev–Trinajstić information content (AvgIpc) is 4.56. The summed E-state index contributed by atoms with van der Waals surface area (Å²) in [6.07, 6.45) is 19.0. The Morgan fingerprint density at radius 1 is 0.402 bits per heavy atom. The first-order valence-electron chi connectivity index (χ1n) is 27.7. The Morgan fingerprint density at radius 2 is 0.747 bits per heavy atom. The molecule has 8 heterocycles. The molecule has 0 radical (unpaired) electrons. The van der Waals surface area contributed by atoms with Gasteiger partial charge in [-0.15, -0.1) is 0 Å². The lowest BCUT2D eigenvalue weighted by molar-refractivity contribution is -0.117. The number of imidazole rings is 2. The van der Waals surface area contributed by atoms with E-state index in [4.69, 9.17) is 11.5 Å². The molecule has 8 rings (SSSR count). The van der Waals surface area contributed by atoms with Crippen LogP contribution in [0.25, 0.3) is 0 Å². The Morgan fingerprint density at radius 3 is 1.13 bits per heavy atom. The lowest BCUT2D eigenvalue weighted by atomic mass is 10.1. The molecule has 0 saturated heterocycles. The van der Waals surface area contributed by atoms with Crippen molar-refractivity contribution in [2.75, 3.05) is 56.9 Å². The van der Waals surface area contributed by atoms with E-state index in [9.17, 15) is 43.2 Å². The van der Waals surface area contributed by atoms with E-state index >= 15 is 0 Å². The van der Waals surface area contributed by atoms with Crippen LogP contribution in [0.15, 0.2) is 92.2 Å². The van der Waals surface area contributed by atoms with Crippen molar-refractivity contribution in [2.45, 2.75) is 44.6 Å². The molecule has 13 N–H and O–H groups in total. The number of carbonyl (C=O) groups excluding carboxylic acids is 9. The molecule has 0 bridgehead atoms. The number of nitrogens with zero attached hydrogens (tertiary/aromatic N) is 10. The molecule has 0 aliphatic rings. The van der Waals surface area contributed by atoms with E-state index in [2.05, 4.69) is 57.8 Å². The Labute approximate surface area is 499 Å². The van der Waals surface area contributed by atoms with E-state index < -0.39 is 53.3 Å². The summed E-state index contributed by atoms with van der Waals surface area (Å²) >= 11 is 0. The average molecular weight is 1190 g/mol. The molecule has 0 fully saturated rings. The van der Waals surface area contributed by atoms with Gasteiger partial charge in [0.25, 0.3) is 47.3 Å². The third kappa shape index (κ3) is 15.3. The molecule has 0 aliphatic heterocycles. The molecule has 8 aromatic rings. The molecule has 458 valence electrons. The largest absolute Gasteiger partial charge is 0.351 e. The lowest BCUT2D eigenvalue weighted by Gasteiger charge is -2.11. The van der Waals surface area contributed by atoms with E-state index in [1.807, 2.05) is 0 Å². The molecule has 9 amide bonds. The van der Waals surface area contributed by atoms with Gasteiger partial charge in [-0.25, -0.2) is 9.97 Å². The van der Waals surface area contributed by atoms with Crippen LogP contribution in [0.2, 0.25) is 0 Å². The van der Waals surface area contributed by atoms with Gasteiger partial charge in [-0.1, -0.05) is 19.3 Å². The minimum Gasteiger partial charge on any atom is -0.351 e. The van der Waals surface area contributed by atoms with Crippen LogP contribution >= 0.6 is 0 Å². The van der Waals surface area contributed by atoms with Crippen molar-refractivity contribution in [3.05, 3.63) is 138 Å². The number of aryl methyl sites for hydroxylation is 8. The van der Waals surface area contributed by atoms with Gasteiger partial charge in [-0.05, 0) is 62.2 Å². The van der Waals surface area contributed by atoms with Gasteiger partial charge >= 0.3 is 0 Å². The summed E-state index contributed by atoms with van der Waals surface area (Å²) in [7, 11) is 13.1. The number of hydrogen-bond donors (Lipinski definition) is 11. The van der Waals surface area contributed by atoms with Gasteiger partial charge in [-0.3, -0.25) is 43.2 Å². The zero-order chi connectivity index (χ0) is 62.8. The monoisotopic (exact) mass is 1190 g/mol. The fourth-order valence-electron chi connectivity index (χ4n) is 9.50. The molecular weight excluding hydrogens is 1120 g/mol. The molecule has 1 atom stereocenters. The summed E-state index contributed by atoms with van der Waals surface area (Å²) in [5.74, 6) is -4.35. The van der Waals surface area contributed by atoms with Gasteiger partial charge in [0, 0.05) is 125 Å². The van der Waals surface area contributed by atoms with Crippen LogP contribution in [0.4, 0.5) is 39.9 Å². The maximum atomic E-state index is 13.5. The number of rotatable bonds is 26. The van der Waals surface area contributed by atoms with Gasteiger partial charge in [0.05, 0.1) is 40.2 Å². The topological polar surface area (TPSA) is 379 Å². The highest BCUT2D eigenvalue weighted by atomic mass is 16.2. The summed E-state index contributed by atoms with van der Waals surface area (Å²) in [6, 6.07) is 7.94. The Balaban J connectivity index is 0.763. The van der Waals surface area contributed by atoms with Crippen LogP contribution in [0.1, 0.15) is 123 Å². The fourth-order valence-corrected chi connectivity index (χ4v) is 9.50. The second-order valence-corrected chi connectivity index (χ2v) is 20.9. The third-order valence-corrected chi connectivity index (χ3v) is 14.1. The lowest BCUT2D eigenvalue weighted by Crippen LogP contribution is -2.39. The van der Waals surface area contributed by atoms with E-state index in [0.717, 1.165) is 32.1 Å². The van der Waals surface area contributed by atoms with Crippen molar-refractivity contribution in [3.8, 4) is 0 Å². The van der Waals surface area contributed by atoms with Crippen LogP contribution in [-0.2, 0) is 61.2 Å². The highest BCUT2D eigenvalue weighted by Crippen LogP contribution is 2.23. The molecule has 0 aromatic carbocycles. The number of carbonyl (C=O) groups is 9. The highest BCUT2D eigenvalue weighted by Gasteiger charge is 2.24. The van der Waals surface area contributed by atoms with Crippen molar-refractivity contribution >= 4 is 93.1 Å². The van der Waals surface area contributed by atoms with Gasteiger partial charge < -0.3 is 95.9 Å². The number of aromatic nitrogens is 10. The van der Waals surface area contributed by atoms with Crippen molar-refractivity contribution < 1.29 is 43.2 Å². The predicted molar refractivity (Wildman–Crippen MR) is 325 cm³/mol. The van der Waals surface area contributed by atoms with Gasteiger partial charge in [0.1, 0.15) is 34.2 Å². The van der Waals surface area contributed by atoms with Crippen molar-refractivity contribution in [3.63, 3.8) is 0 Å². The van der Waals surface area contributed by atoms with Crippen LogP contribution in [0, 0.1) is 0 Å². The molecular formula is C57H71N21O9. The second kappa shape index (κ2) is 27.3. The van der Waals surface area contributed by atoms with E-state index in [-0.39, 0.29) is 70.5 Å². The zero-order valence-corrected chi connectivity index (χ0v) is 49.4. The van der Waals surface area contributed by atoms with Gasteiger partial charge in [0.15, 0.2) is 11.6 Å². The van der Waals surface area contributed by atoms with Gasteiger partial charge in [0.2, 0.25) is 11.7 Å². The number of hydrogen-bond acceptors (Lipinski definition) is 13. The van der Waals surface area contributed by atoms with Crippen LogP contribution < -0.4 is 59.3 Å². The number of nitrogens with two attached hydrogens (primary N) is 2. The normalized spacial score (nSPS) is 11.4. The highest BCUT2D eigenvalue weighted by molar-refractivity contribution is 6.10. The van der Waals surface area contributed by atoms with Crippen LogP contribution in [-0.4, -0.2) is 125 Å². The number of amides is 9. The summed E-state index contributed by atoms with van der Waals surface area (Å²) in [4.78, 5) is 127. The maximum absolute atomic E-state index is 13.5. The minimum atomic E-state index is -1.10. The quantitative estimate of drug-likeness (QED) is 0.0347. The molecule has 87 heavy (non-hydrogen) atoms. The molecule has 0 unspecified atom stereocenters. The predicted octanol–water partition coefficient (Wildman–Crippen LogP) is 3.42. The number of unbranched alkanes of at least 4 members (excludes halogenated alkanes) is 4. The molecule has 30 heteroatoms. The SMILES string of the molecule is Cn1cc(NC(=O)c2cc(NC(=O)c3cc(NC(=O)c4nc(NC(=O)[C@H](N)CCNC(=O)c5cc(NC(=O)c6cc(NC(=O)c7cc(NC(=O)c8nccn8C)cn7C)cn6C)cn5C)cn4C)cn3C)cn2C)cc1C(=O)NCCCCCCCN. The van der Waals surface area contributed by atoms with Crippen molar-refractivity contribution in [1.29, 1.82) is 0 Å². The number of nitrogens with one attached hydrogen (secondary N) is 9. The van der Waals surface area contributed by atoms with E-state index in [1.165, 1.54) is 67.2 Å². The summed E-state index contributed by atoms with van der Waals surface area (Å²) < 4.78 is 12.2. The standard InChI is InChI=1S/C57H71N21O9/c1-71-19-18-60-47(71)56(86)67-37-24-44(76(6)30-37)54(84)65-35-22-43(75(5)28-35)53(83)64-34-21-41(73(3)27-34)51(81)62-17-14-39(59)49(79)70-46-32-78(8)48(69-46)57(87)68-38-25-45(77(7)31-38)55(85)66-36-23-42(74(4)29-36)52(82)63-33-20-40(72(2)26-33)50(80)61-16-13-11-9-10-12-15-58/h18-32,39H,9-17,58-59H2,1-8H3,(H,61,80)(H,62,81)(H,63,82)(H,64,83)(H,65,84)(H,66,85)(H,67,86)(H,68,87)(H,70,79)/t39-/m1/s1.